The molecule has 0 aliphatic carbocycles. The van der Waals surface area contributed by atoms with Gasteiger partial charge in [0.2, 0.25) is 0 Å². The highest BCUT2D eigenvalue weighted by atomic mass is 16.4. The number of carboxylic acids is 1. The number of benzene rings is 1. The maximum atomic E-state index is 10.9. The van der Waals surface area contributed by atoms with E-state index in [0.717, 1.165) is 24.0 Å². The maximum absolute atomic E-state index is 10.9. The normalized spacial score (nSPS) is 12.8. The van der Waals surface area contributed by atoms with Crippen molar-refractivity contribution in [3.8, 4) is 0 Å². The Morgan fingerprint density at radius 3 is 2.80 bits per heavy atom. The lowest BCUT2D eigenvalue weighted by Crippen LogP contribution is -2.34. The number of carbonyl (C=O) groups is 1. The van der Waals surface area contributed by atoms with Crippen LogP contribution in [0.2, 0.25) is 0 Å². The van der Waals surface area contributed by atoms with Gasteiger partial charge in [0.1, 0.15) is 0 Å². The van der Waals surface area contributed by atoms with E-state index < -0.39 is 5.97 Å². The number of fused-ring (bicyclic) bond motifs is 1. The van der Waals surface area contributed by atoms with Crippen LogP contribution in [0.3, 0.4) is 0 Å². The van der Waals surface area contributed by atoms with E-state index in [1.807, 2.05) is 37.4 Å². The van der Waals surface area contributed by atoms with Crippen LogP contribution in [0, 0.1) is 0 Å². The zero-order valence-electron chi connectivity index (χ0n) is 11.9. The second-order valence-electron chi connectivity index (χ2n) is 5.00. The summed E-state index contributed by atoms with van der Waals surface area (Å²) >= 11 is 0. The molecular formula is C16H20N2O2. The first-order chi connectivity index (χ1) is 9.61. The molecule has 4 nitrogen and oxygen atoms in total. The van der Waals surface area contributed by atoms with Crippen molar-refractivity contribution in [3.05, 3.63) is 42.1 Å². The first-order valence-electron chi connectivity index (χ1n) is 6.90. The summed E-state index contributed by atoms with van der Waals surface area (Å²) in [5, 5.41) is 10.1. The molecule has 0 radical (unpaired) electrons. The highest BCUT2D eigenvalue weighted by Crippen LogP contribution is 2.19. The summed E-state index contributed by atoms with van der Waals surface area (Å²) in [7, 11) is 0. The molecule has 0 spiro atoms. The van der Waals surface area contributed by atoms with Crippen molar-refractivity contribution in [2.45, 2.75) is 32.9 Å². The Labute approximate surface area is 119 Å². The zero-order chi connectivity index (χ0) is 14.5. The molecule has 0 saturated heterocycles. The highest BCUT2D eigenvalue weighted by Gasteiger charge is 2.16. The Bertz CT molecular complexity index is 593. The van der Waals surface area contributed by atoms with Gasteiger partial charge in [0.15, 0.2) is 0 Å². The molecule has 0 saturated carbocycles. The number of nitrogens with zero attached hydrogens (tertiary/aromatic N) is 2. The van der Waals surface area contributed by atoms with Gasteiger partial charge in [-0.1, -0.05) is 25.1 Å². The topological polar surface area (TPSA) is 53.4 Å². The number of aromatic nitrogens is 1. The summed E-state index contributed by atoms with van der Waals surface area (Å²) in [5.74, 6) is -0.754. The van der Waals surface area contributed by atoms with Crippen LogP contribution < -0.4 is 0 Å². The van der Waals surface area contributed by atoms with Crippen molar-refractivity contribution in [3.63, 3.8) is 0 Å². The molecule has 1 heterocycles. The van der Waals surface area contributed by atoms with Crippen LogP contribution in [0.25, 0.3) is 10.9 Å². The smallest absolute Gasteiger partial charge is 0.304 e. The van der Waals surface area contributed by atoms with Crippen molar-refractivity contribution in [2.24, 2.45) is 0 Å². The largest absolute Gasteiger partial charge is 0.481 e. The van der Waals surface area contributed by atoms with Gasteiger partial charge >= 0.3 is 5.97 Å². The third kappa shape index (κ3) is 3.33. The van der Waals surface area contributed by atoms with E-state index >= 15 is 0 Å². The predicted octanol–water partition coefficient (Wildman–Crippen LogP) is 2.92. The van der Waals surface area contributed by atoms with E-state index in [0.29, 0.717) is 0 Å². The van der Waals surface area contributed by atoms with Gasteiger partial charge in [0.05, 0.1) is 11.9 Å². The van der Waals surface area contributed by atoms with Crippen molar-refractivity contribution in [2.75, 3.05) is 6.54 Å². The second kappa shape index (κ2) is 6.48. The summed E-state index contributed by atoms with van der Waals surface area (Å²) in [5.41, 5.74) is 2.17. The van der Waals surface area contributed by atoms with Crippen molar-refractivity contribution in [1.82, 2.24) is 9.88 Å². The van der Waals surface area contributed by atoms with E-state index in [1.54, 1.807) is 0 Å². The number of aliphatic carboxylic acids is 1. The third-order valence-corrected chi connectivity index (χ3v) is 3.61. The fourth-order valence-corrected chi connectivity index (χ4v) is 2.47. The second-order valence-corrected chi connectivity index (χ2v) is 5.00. The van der Waals surface area contributed by atoms with E-state index in [4.69, 9.17) is 5.11 Å². The van der Waals surface area contributed by atoms with Crippen LogP contribution in [0.15, 0.2) is 36.5 Å². The van der Waals surface area contributed by atoms with Crippen LogP contribution in [-0.4, -0.2) is 33.5 Å². The van der Waals surface area contributed by atoms with Crippen LogP contribution in [0.5, 0.6) is 0 Å². The van der Waals surface area contributed by atoms with Crippen LogP contribution in [0.1, 0.15) is 25.8 Å². The lowest BCUT2D eigenvalue weighted by Gasteiger charge is -2.27. The van der Waals surface area contributed by atoms with Crippen molar-refractivity contribution in [1.29, 1.82) is 0 Å². The summed E-state index contributed by atoms with van der Waals surface area (Å²) < 4.78 is 0. The quantitative estimate of drug-likeness (QED) is 0.878. The third-order valence-electron chi connectivity index (χ3n) is 3.61. The van der Waals surface area contributed by atoms with Gasteiger partial charge in [-0.15, -0.1) is 0 Å². The van der Waals surface area contributed by atoms with Crippen LogP contribution in [-0.2, 0) is 11.3 Å². The lowest BCUT2D eigenvalue weighted by atomic mass is 10.1. The molecule has 2 aromatic rings. The molecule has 0 fully saturated rings. The molecule has 106 valence electrons. The number of hydrogen-bond acceptors (Lipinski definition) is 3. The summed E-state index contributed by atoms with van der Waals surface area (Å²) in [6.07, 6.45) is 1.98. The highest BCUT2D eigenvalue weighted by molar-refractivity contribution is 5.81. The number of carboxylic acid groups (broad SMARTS) is 1. The van der Waals surface area contributed by atoms with Gasteiger partial charge < -0.3 is 5.11 Å². The SMILES string of the molecule is CCN(Cc1ccnc2ccccc12)C(C)CC(=O)O. The van der Waals surface area contributed by atoms with Gasteiger partial charge in [-0.05, 0) is 31.2 Å². The van der Waals surface area contributed by atoms with E-state index in [-0.39, 0.29) is 12.5 Å². The van der Waals surface area contributed by atoms with Crippen LogP contribution >= 0.6 is 0 Å². The minimum Gasteiger partial charge on any atom is -0.481 e. The van der Waals surface area contributed by atoms with Crippen molar-refractivity contribution >= 4 is 16.9 Å². The standard InChI is InChI=1S/C16H20N2O2/c1-3-18(12(2)10-16(19)20)11-13-8-9-17-15-7-5-4-6-14(13)15/h4-9,12H,3,10-11H2,1-2H3,(H,19,20). The number of para-hydroxylation sites is 1. The zero-order valence-corrected chi connectivity index (χ0v) is 11.9. The monoisotopic (exact) mass is 272 g/mol. The average molecular weight is 272 g/mol. The minimum absolute atomic E-state index is 0.0180. The van der Waals surface area contributed by atoms with E-state index in [1.165, 1.54) is 5.56 Å². The van der Waals surface area contributed by atoms with Gasteiger partial charge in [-0.3, -0.25) is 14.7 Å². The maximum Gasteiger partial charge on any atom is 0.304 e. The average Bonchev–Trinajstić information content (AvgIpc) is 2.44. The Hall–Kier alpha value is -1.94. The molecule has 0 aliphatic rings. The summed E-state index contributed by atoms with van der Waals surface area (Å²) in [6, 6.07) is 10.1. The first kappa shape index (κ1) is 14.5. The molecule has 0 aliphatic heterocycles. The van der Waals surface area contributed by atoms with Gasteiger partial charge in [0.25, 0.3) is 0 Å². The molecule has 1 aromatic heterocycles. The first-order valence-corrected chi connectivity index (χ1v) is 6.90. The van der Waals surface area contributed by atoms with E-state index in [9.17, 15) is 4.79 Å². The minimum atomic E-state index is -0.754. The van der Waals surface area contributed by atoms with Gasteiger partial charge in [-0.25, -0.2) is 0 Å². The summed E-state index contributed by atoms with van der Waals surface area (Å²) in [6.45, 7) is 5.59. The number of pyridine rings is 1. The van der Waals surface area contributed by atoms with E-state index in [2.05, 4.69) is 22.9 Å². The van der Waals surface area contributed by atoms with Gasteiger partial charge in [0, 0.05) is 24.2 Å². The number of rotatable bonds is 6. The molecule has 4 heteroatoms. The Kier molecular flexibility index (Phi) is 4.69. The fourth-order valence-electron chi connectivity index (χ4n) is 2.47. The molecular weight excluding hydrogens is 252 g/mol. The lowest BCUT2D eigenvalue weighted by molar-refractivity contribution is -0.138. The molecule has 1 N–H and O–H groups in total. The molecule has 1 atom stereocenters. The molecule has 20 heavy (non-hydrogen) atoms. The van der Waals surface area contributed by atoms with Gasteiger partial charge in [-0.2, -0.15) is 0 Å². The predicted molar refractivity (Wildman–Crippen MR) is 79.5 cm³/mol. The van der Waals surface area contributed by atoms with Crippen molar-refractivity contribution < 1.29 is 9.90 Å². The molecule has 0 bridgehead atoms. The molecule has 0 amide bonds. The Morgan fingerprint density at radius 2 is 2.10 bits per heavy atom. The van der Waals surface area contributed by atoms with Crippen LogP contribution in [0.4, 0.5) is 0 Å². The molecule has 1 aromatic carbocycles. The Morgan fingerprint density at radius 1 is 1.35 bits per heavy atom. The molecule has 1 unspecified atom stereocenters. The number of hydrogen-bond donors (Lipinski definition) is 1. The fraction of sp³-hybridized carbons (Fsp3) is 0.375. The summed E-state index contributed by atoms with van der Waals surface area (Å²) in [4.78, 5) is 17.4. The Balaban J connectivity index is 2.23. The molecule has 2 rings (SSSR count).